The smallest absolute Gasteiger partial charge is 0.102 e. The van der Waals surface area contributed by atoms with Gasteiger partial charge in [0.2, 0.25) is 0 Å². The van der Waals surface area contributed by atoms with E-state index >= 15 is 0 Å². The molecule has 0 aromatic rings. The first-order chi connectivity index (χ1) is 5.12. The second kappa shape index (κ2) is 5.56. The highest BCUT2D eigenvalue weighted by Gasteiger charge is 2.11. The molecule has 0 radical (unpaired) electrons. The molecule has 2 nitrogen and oxygen atoms in total. The lowest BCUT2D eigenvalue weighted by Gasteiger charge is -2.28. The molecule has 0 saturated heterocycles. The zero-order valence-electron chi connectivity index (χ0n) is 8.39. The fraction of sp³-hybridized carbons (Fsp3) is 1.00. The Bertz CT molecular complexity index is 91.6. The highest BCUT2D eigenvalue weighted by atomic mass is 16.5. The van der Waals surface area contributed by atoms with Crippen LogP contribution in [-0.4, -0.2) is 44.9 Å². The molecule has 0 aliphatic heterocycles. The van der Waals surface area contributed by atoms with Crippen molar-refractivity contribution in [2.75, 3.05) is 40.4 Å². The predicted octanol–water partition coefficient (Wildman–Crippen LogP) is 1.51. The van der Waals surface area contributed by atoms with Crippen molar-refractivity contribution in [1.82, 2.24) is 0 Å². The number of hydrogen-bond acceptors (Lipinski definition) is 1. The minimum Gasteiger partial charge on any atom is -0.376 e. The van der Waals surface area contributed by atoms with E-state index in [2.05, 4.69) is 21.0 Å². The molecule has 0 spiro atoms. The van der Waals surface area contributed by atoms with Crippen LogP contribution in [-0.2, 0) is 4.74 Å². The molecule has 2 heteroatoms. The van der Waals surface area contributed by atoms with E-state index in [-0.39, 0.29) is 0 Å². The van der Waals surface area contributed by atoms with E-state index in [0.29, 0.717) is 0 Å². The first kappa shape index (κ1) is 10.9. The molecule has 0 N–H and O–H groups in total. The molecule has 0 saturated carbocycles. The quantitative estimate of drug-likeness (QED) is 0.423. The SMILES string of the molecule is CCC[N+](C)(C)CCOCC. The molecule has 0 aromatic heterocycles. The van der Waals surface area contributed by atoms with Crippen molar-refractivity contribution in [1.29, 1.82) is 0 Å². The van der Waals surface area contributed by atoms with Gasteiger partial charge in [0.1, 0.15) is 6.54 Å². The van der Waals surface area contributed by atoms with E-state index in [1.807, 2.05) is 6.92 Å². The van der Waals surface area contributed by atoms with Gasteiger partial charge in [-0.15, -0.1) is 0 Å². The van der Waals surface area contributed by atoms with E-state index < -0.39 is 0 Å². The summed E-state index contributed by atoms with van der Waals surface area (Å²) >= 11 is 0. The highest BCUT2D eigenvalue weighted by molar-refractivity contribution is 4.32. The lowest BCUT2D eigenvalue weighted by molar-refractivity contribution is -0.890. The average molecular weight is 160 g/mol. The van der Waals surface area contributed by atoms with Gasteiger partial charge in [-0.2, -0.15) is 0 Å². The third-order valence-corrected chi connectivity index (χ3v) is 1.87. The lowest BCUT2D eigenvalue weighted by Crippen LogP contribution is -2.42. The Balaban J connectivity index is 3.38. The summed E-state index contributed by atoms with van der Waals surface area (Å²) in [6.45, 7) is 8.37. The van der Waals surface area contributed by atoms with Gasteiger partial charge in [0, 0.05) is 6.61 Å². The van der Waals surface area contributed by atoms with Gasteiger partial charge in [0.25, 0.3) is 0 Å². The molecule has 68 valence electrons. The van der Waals surface area contributed by atoms with E-state index in [1.54, 1.807) is 0 Å². The minimum atomic E-state index is 0.839. The van der Waals surface area contributed by atoms with Crippen LogP contribution in [0.5, 0.6) is 0 Å². The van der Waals surface area contributed by atoms with Crippen LogP contribution < -0.4 is 0 Å². The van der Waals surface area contributed by atoms with Crippen LogP contribution in [0.4, 0.5) is 0 Å². The van der Waals surface area contributed by atoms with Crippen molar-refractivity contribution >= 4 is 0 Å². The van der Waals surface area contributed by atoms with E-state index in [9.17, 15) is 0 Å². The summed E-state index contributed by atoms with van der Waals surface area (Å²) in [6.07, 6.45) is 1.25. The summed E-state index contributed by atoms with van der Waals surface area (Å²) in [6, 6.07) is 0. The van der Waals surface area contributed by atoms with Gasteiger partial charge < -0.3 is 9.22 Å². The Labute approximate surface area is 70.7 Å². The minimum absolute atomic E-state index is 0.839. The number of hydrogen-bond donors (Lipinski definition) is 0. The van der Waals surface area contributed by atoms with Crippen LogP contribution in [0.3, 0.4) is 0 Å². The van der Waals surface area contributed by atoms with Crippen molar-refractivity contribution in [2.45, 2.75) is 20.3 Å². The molecule has 0 amide bonds. The summed E-state index contributed by atoms with van der Waals surface area (Å²) in [5.41, 5.74) is 0. The summed E-state index contributed by atoms with van der Waals surface area (Å²) in [4.78, 5) is 0. The summed E-state index contributed by atoms with van der Waals surface area (Å²) < 4.78 is 6.38. The topological polar surface area (TPSA) is 9.23 Å². The third kappa shape index (κ3) is 6.32. The first-order valence-corrected chi connectivity index (χ1v) is 4.52. The van der Waals surface area contributed by atoms with Crippen LogP contribution in [0.2, 0.25) is 0 Å². The highest BCUT2D eigenvalue weighted by Crippen LogP contribution is 1.98. The number of likely N-dealkylation sites (N-methyl/N-ethyl adjacent to an activating group) is 1. The van der Waals surface area contributed by atoms with Crippen LogP contribution >= 0.6 is 0 Å². The van der Waals surface area contributed by atoms with Crippen molar-refractivity contribution < 1.29 is 9.22 Å². The monoisotopic (exact) mass is 160 g/mol. The van der Waals surface area contributed by atoms with Gasteiger partial charge in [-0.05, 0) is 13.3 Å². The van der Waals surface area contributed by atoms with Gasteiger partial charge in [0.15, 0.2) is 0 Å². The van der Waals surface area contributed by atoms with Gasteiger partial charge in [-0.25, -0.2) is 0 Å². The van der Waals surface area contributed by atoms with E-state index in [0.717, 1.165) is 24.2 Å². The molecule has 0 atom stereocenters. The zero-order chi connectivity index (χ0) is 8.74. The molecular formula is C9H22NO+. The summed E-state index contributed by atoms with van der Waals surface area (Å²) in [5, 5.41) is 0. The molecule has 0 aliphatic rings. The molecule has 0 fully saturated rings. The summed E-state index contributed by atoms with van der Waals surface area (Å²) in [7, 11) is 4.50. The zero-order valence-corrected chi connectivity index (χ0v) is 8.39. The van der Waals surface area contributed by atoms with Gasteiger partial charge >= 0.3 is 0 Å². The third-order valence-electron chi connectivity index (χ3n) is 1.87. The Morgan fingerprint density at radius 1 is 1.09 bits per heavy atom. The van der Waals surface area contributed by atoms with Crippen molar-refractivity contribution in [3.8, 4) is 0 Å². The van der Waals surface area contributed by atoms with Gasteiger partial charge in [0.05, 0.1) is 27.2 Å². The number of nitrogens with zero attached hydrogens (tertiary/aromatic N) is 1. The van der Waals surface area contributed by atoms with Crippen LogP contribution in [0.15, 0.2) is 0 Å². The maximum atomic E-state index is 5.30. The van der Waals surface area contributed by atoms with Gasteiger partial charge in [-0.1, -0.05) is 6.92 Å². The molecule has 0 heterocycles. The standard InChI is InChI=1S/C9H22NO/c1-5-7-10(3,4)8-9-11-6-2/h5-9H2,1-4H3/q+1. The number of rotatable bonds is 6. The van der Waals surface area contributed by atoms with Gasteiger partial charge in [-0.3, -0.25) is 0 Å². The molecule has 0 unspecified atom stereocenters. The average Bonchev–Trinajstić information content (AvgIpc) is 1.87. The Morgan fingerprint density at radius 3 is 2.18 bits per heavy atom. The lowest BCUT2D eigenvalue weighted by atomic mass is 10.4. The molecule has 0 aromatic carbocycles. The first-order valence-electron chi connectivity index (χ1n) is 4.52. The largest absolute Gasteiger partial charge is 0.376 e. The van der Waals surface area contributed by atoms with Crippen LogP contribution in [0, 0.1) is 0 Å². The fourth-order valence-electron chi connectivity index (χ4n) is 1.17. The van der Waals surface area contributed by atoms with Crippen molar-refractivity contribution in [3.63, 3.8) is 0 Å². The Kier molecular flexibility index (Phi) is 5.51. The van der Waals surface area contributed by atoms with E-state index in [4.69, 9.17) is 4.74 Å². The maximum Gasteiger partial charge on any atom is 0.102 e. The maximum absolute atomic E-state index is 5.30. The fourth-order valence-corrected chi connectivity index (χ4v) is 1.17. The molecule has 0 bridgehead atoms. The summed E-state index contributed by atoms with van der Waals surface area (Å²) in [5.74, 6) is 0. The Hall–Kier alpha value is -0.0800. The van der Waals surface area contributed by atoms with Crippen molar-refractivity contribution in [2.24, 2.45) is 0 Å². The normalized spacial score (nSPS) is 12.0. The van der Waals surface area contributed by atoms with Crippen LogP contribution in [0.1, 0.15) is 20.3 Å². The van der Waals surface area contributed by atoms with Crippen molar-refractivity contribution in [3.05, 3.63) is 0 Å². The van der Waals surface area contributed by atoms with Crippen LogP contribution in [0.25, 0.3) is 0 Å². The molecule has 0 rings (SSSR count). The molecular weight excluding hydrogens is 138 g/mol. The predicted molar refractivity (Wildman–Crippen MR) is 48.6 cm³/mol. The second-order valence-electron chi connectivity index (χ2n) is 3.58. The van der Waals surface area contributed by atoms with E-state index in [1.165, 1.54) is 13.0 Å². The molecule has 0 aliphatic carbocycles. The second-order valence-corrected chi connectivity index (χ2v) is 3.58. The Morgan fingerprint density at radius 2 is 1.73 bits per heavy atom. The number of quaternary nitrogens is 1. The number of ether oxygens (including phenoxy) is 1. The molecule has 11 heavy (non-hydrogen) atoms.